The van der Waals surface area contributed by atoms with Crippen LogP contribution in [0.4, 0.5) is 4.79 Å². The van der Waals surface area contributed by atoms with Gasteiger partial charge in [-0.1, -0.05) is 35.7 Å². The first-order valence-corrected chi connectivity index (χ1v) is 13.3. The summed E-state index contributed by atoms with van der Waals surface area (Å²) in [6, 6.07) is 17.7. The molecule has 5 rings (SSSR count). The van der Waals surface area contributed by atoms with Crippen molar-refractivity contribution in [3.05, 3.63) is 82.6 Å². The summed E-state index contributed by atoms with van der Waals surface area (Å²) in [5.74, 6) is 6.93. The molecule has 2 aromatic heterocycles. The lowest BCUT2D eigenvalue weighted by molar-refractivity contribution is 0.101. The highest BCUT2D eigenvalue weighted by Crippen LogP contribution is 2.33. The Morgan fingerprint density at radius 3 is 2.47 bits per heavy atom. The van der Waals surface area contributed by atoms with Crippen LogP contribution >= 0.6 is 11.6 Å². The summed E-state index contributed by atoms with van der Waals surface area (Å²) >= 11 is 5.99. The third-order valence-electron chi connectivity index (χ3n) is 6.81. The van der Waals surface area contributed by atoms with Crippen molar-refractivity contribution in [3.8, 4) is 28.8 Å². The maximum atomic E-state index is 12.2. The van der Waals surface area contributed by atoms with Crippen molar-refractivity contribution in [2.24, 2.45) is 0 Å². The SMILES string of the molecule is CCOC(=O)Oc1c(C)c2cc(C#Cc3ccc(-c4ccc(Cl)cc4)cn3)ccc2n1CCN1CCCC1. The van der Waals surface area contributed by atoms with Crippen molar-refractivity contribution in [1.82, 2.24) is 14.5 Å². The number of fused-ring (bicyclic) bond motifs is 1. The van der Waals surface area contributed by atoms with E-state index in [1.807, 2.05) is 67.7 Å². The zero-order chi connectivity index (χ0) is 26.5. The molecule has 0 atom stereocenters. The van der Waals surface area contributed by atoms with Crippen molar-refractivity contribution < 1.29 is 14.3 Å². The molecule has 0 spiro atoms. The molecule has 38 heavy (non-hydrogen) atoms. The quantitative estimate of drug-likeness (QED) is 0.206. The second kappa shape index (κ2) is 11.7. The van der Waals surface area contributed by atoms with E-state index < -0.39 is 6.16 Å². The lowest BCUT2D eigenvalue weighted by Crippen LogP contribution is -2.24. The minimum absolute atomic E-state index is 0.264. The van der Waals surface area contributed by atoms with E-state index in [0.717, 1.165) is 59.3 Å². The average molecular weight is 528 g/mol. The monoisotopic (exact) mass is 527 g/mol. The van der Waals surface area contributed by atoms with E-state index in [-0.39, 0.29) is 6.61 Å². The Hall–Kier alpha value is -3.79. The average Bonchev–Trinajstić information content (AvgIpc) is 3.54. The molecule has 0 unspecified atom stereocenters. The number of hydrogen-bond acceptors (Lipinski definition) is 5. The van der Waals surface area contributed by atoms with Crippen LogP contribution in [0.15, 0.2) is 60.8 Å². The molecule has 6 nitrogen and oxygen atoms in total. The number of aryl methyl sites for hydroxylation is 1. The van der Waals surface area contributed by atoms with Crippen LogP contribution in [0.1, 0.15) is 36.6 Å². The highest BCUT2D eigenvalue weighted by atomic mass is 35.5. The molecule has 1 aliphatic heterocycles. The molecule has 4 aromatic rings. The van der Waals surface area contributed by atoms with Crippen molar-refractivity contribution in [3.63, 3.8) is 0 Å². The Morgan fingerprint density at radius 2 is 1.76 bits per heavy atom. The molecule has 0 amide bonds. The molecular formula is C31H30ClN3O3. The summed E-state index contributed by atoms with van der Waals surface area (Å²) < 4.78 is 12.8. The second-order valence-electron chi connectivity index (χ2n) is 9.34. The molecule has 0 radical (unpaired) electrons. The summed E-state index contributed by atoms with van der Waals surface area (Å²) in [4.78, 5) is 19.2. The van der Waals surface area contributed by atoms with Crippen LogP contribution < -0.4 is 4.74 Å². The van der Waals surface area contributed by atoms with Crippen LogP contribution in [0.5, 0.6) is 5.88 Å². The number of ether oxygens (including phenoxy) is 2. The number of pyridine rings is 1. The van der Waals surface area contributed by atoms with Gasteiger partial charge in [0, 0.05) is 46.4 Å². The zero-order valence-electron chi connectivity index (χ0n) is 21.7. The molecule has 0 saturated carbocycles. The van der Waals surface area contributed by atoms with E-state index in [0.29, 0.717) is 16.6 Å². The molecule has 3 heterocycles. The van der Waals surface area contributed by atoms with Gasteiger partial charge in [0.1, 0.15) is 5.69 Å². The van der Waals surface area contributed by atoms with E-state index in [1.54, 1.807) is 6.92 Å². The Kier molecular flexibility index (Phi) is 7.97. The predicted molar refractivity (Wildman–Crippen MR) is 151 cm³/mol. The van der Waals surface area contributed by atoms with Gasteiger partial charge in [-0.2, -0.15) is 0 Å². The molecule has 1 aliphatic rings. The number of benzene rings is 2. The lowest BCUT2D eigenvalue weighted by Gasteiger charge is -2.17. The second-order valence-corrected chi connectivity index (χ2v) is 9.77. The maximum absolute atomic E-state index is 12.2. The highest BCUT2D eigenvalue weighted by Gasteiger charge is 2.20. The number of carbonyl (C=O) groups is 1. The summed E-state index contributed by atoms with van der Waals surface area (Å²) in [6.07, 6.45) is 3.60. The lowest BCUT2D eigenvalue weighted by atomic mass is 10.1. The fraction of sp³-hybridized carbons (Fsp3) is 0.290. The molecule has 0 N–H and O–H groups in total. The molecule has 1 saturated heterocycles. The van der Waals surface area contributed by atoms with E-state index >= 15 is 0 Å². The van der Waals surface area contributed by atoms with Crippen molar-refractivity contribution in [2.75, 3.05) is 26.2 Å². The van der Waals surface area contributed by atoms with Gasteiger partial charge in [-0.25, -0.2) is 9.78 Å². The van der Waals surface area contributed by atoms with Crippen LogP contribution in [0.2, 0.25) is 5.02 Å². The van der Waals surface area contributed by atoms with Gasteiger partial charge in [-0.15, -0.1) is 0 Å². The standard InChI is InChI=1S/C31H30ClN3O3/c1-3-37-31(36)38-30-22(2)28-20-23(7-15-29(28)35(30)19-18-34-16-4-5-17-34)6-13-27-14-10-25(21-33-27)24-8-11-26(32)12-9-24/h7-12,14-15,20-21H,3-5,16-19H2,1-2H3. The fourth-order valence-electron chi connectivity index (χ4n) is 4.82. The van der Waals surface area contributed by atoms with E-state index in [9.17, 15) is 4.79 Å². The highest BCUT2D eigenvalue weighted by molar-refractivity contribution is 6.30. The minimum atomic E-state index is -0.686. The topological polar surface area (TPSA) is 56.6 Å². The van der Waals surface area contributed by atoms with E-state index in [1.165, 1.54) is 12.8 Å². The third-order valence-corrected chi connectivity index (χ3v) is 7.07. The van der Waals surface area contributed by atoms with Crippen LogP contribution in [0.3, 0.4) is 0 Å². The van der Waals surface area contributed by atoms with E-state index in [2.05, 4.69) is 26.3 Å². The minimum Gasteiger partial charge on any atom is -0.434 e. The number of aromatic nitrogens is 2. The van der Waals surface area contributed by atoms with Crippen LogP contribution in [-0.2, 0) is 11.3 Å². The van der Waals surface area contributed by atoms with Gasteiger partial charge in [0.25, 0.3) is 0 Å². The molecule has 0 bridgehead atoms. The van der Waals surface area contributed by atoms with Crippen molar-refractivity contribution in [1.29, 1.82) is 0 Å². The Balaban J connectivity index is 1.41. The number of carbonyl (C=O) groups excluding carboxylic acids is 1. The largest absolute Gasteiger partial charge is 0.515 e. The molecule has 0 aliphatic carbocycles. The molecule has 194 valence electrons. The number of likely N-dealkylation sites (tertiary alicyclic amines) is 1. The predicted octanol–water partition coefficient (Wildman–Crippen LogP) is 6.70. The number of rotatable bonds is 6. The molecular weight excluding hydrogens is 498 g/mol. The van der Waals surface area contributed by atoms with Gasteiger partial charge in [-0.05, 0) is 87.7 Å². The van der Waals surface area contributed by atoms with Gasteiger partial charge in [0.2, 0.25) is 5.88 Å². The third kappa shape index (κ3) is 5.85. The first-order valence-electron chi connectivity index (χ1n) is 13.0. The van der Waals surface area contributed by atoms with Crippen molar-refractivity contribution in [2.45, 2.75) is 33.2 Å². The van der Waals surface area contributed by atoms with Gasteiger partial charge >= 0.3 is 6.16 Å². The molecule has 2 aromatic carbocycles. The normalized spacial score (nSPS) is 13.3. The molecule has 7 heteroatoms. The summed E-state index contributed by atoms with van der Waals surface area (Å²) in [5, 5.41) is 1.71. The van der Waals surface area contributed by atoms with Gasteiger partial charge in [0.15, 0.2) is 0 Å². The van der Waals surface area contributed by atoms with Gasteiger partial charge < -0.3 is 18.9 Å². The van der Waals surface area contributed by atoms with Crippen LogP contribution in [0, 0.1) is 18.8 Å². The summed E-state index contributed by atoms with van der Waals surface area (Å²) in [7, 11) is 0. The fourth-order valence-corrected chi connectivity index (χ4v) is 4.95. The Morgan fingerprint density at radius 1 is 1.00 bits per heavy atom. The van der Waals surface area contributed by atoms with Crippen LogP contribution in [0.25, 0.3) is 22.0 Å². The number of hydrogen-bond donors (Lipinski definition) is 0. The first kappa shape index (κ1) is 25.8. The Bertz CT molecular complexity index is 1490. The van der Waals surface area contributed by atoms with Crippen molar-refractivity contribution >= 4 is 28.7 Å². The molecule has 1 fully saturated rings. The van der Waals surface area contributed by atoms with Crippen LogP contribution in [-0.4, -0.2) is 46.8 Å². The van der Waals surface area contributed by atoms with E-state index in [4.69, 9.17) is 21.1 Å². The summed E-state index contributed by atoms with van der Waals surface area (Å²) in [6.45, 7) is 7.86. The van der Waals surface area contributed by atoms with Gasteiger partial charge in [-0.3, -0.25) is 0 Å². The number of nitrogens with zero attached hydrogens (tertiary/aromatic N) is 3. The first-order chi connectivity index (χ1) is 18.5. The maximum Gasteiger partial charge on any atom is 0.515 e. The Labute approximate surface area is 228 Å². The smallest absolute Gasteiger partial charge is 0.434 e. The summed E-state index contributed by atoms with van der Waals surface area (Å²) in [5.41, 5.74) is 5.52. The van der Waals surface area contributed by atoms with Gasteiger partial charge in [0.05, 0.1) is 12.1 Å². The zero-order valence-corrected chi connectivity index (χ0v) is 22.4. The number of halogens is 1.